The van der Waals surface area contributed by atoms with Crippen molar-refractivity contribution in [1.82, 2.24) is 19.9 Å². The van der Waals surface area contributed by atoms with E-state index in [0.717, 1.165) is 28.9 Å². The molecule has 2 bridgehead atoms. The van der Waals surface area contributed by atoms with Crippen LogP contribution in [0, 0.1) is 17.6 Å². The van der Waals surface area contributed by atoms with Crippen molar-refractivity contribution in [2.75, 3.05) is 17.2 Å². The number of hydrogen-bond acceptors (Lipinski definition) is 6. The van der Waals surface area contributed by atoms with Crippen LogP contribution in [0.3, 0.4) is 0 Å². The predicted molar refractivity (Wildman–Crippen MR) is 165 cm³/mol. The first kappa shape index (κ1) is 29.4. The fourth-order valence-electron chi connectivity index (χ4n) is 5.74. The Hall–Kier alpha value is -4.70. The zero-order valence-corrected chi connectivity index (χ0v) is 24.6. The number of carbonyl (C=O) groups excluding carboxylic acids is 2. The number of fused-ring (bicyclic) bond motifs is 4. The van der Waals surface area contributed by atoms with Gasteiger partial charge in [-0.2, -0.15) is 0 Å². The number of nitrogens with zero attached hydrogens (tertiary/aromatic N) is 4. The van der Waals surface area contributed by atoms with Crippen molar-refractivity contribution in [3.05, 3.63) is 101 Å². The molecular formula is C33H29ClF2N6O2. The second kappa shape index (κ2) is 12.5. The first-order chi connectivity index (χ1) is 21.3. The monoisotopic (exact) mass is 614 g/mol. The Labute approximate surface area is 258 Å². The highest BCUT2D eigenvalue weighted by Crippen LogP contribution is 2.38. The zero-order chi connectivity index (χ0) is 30.8. The van der Waals surface area contributed by atoms with Crippen LogP contribution in [0.15, 0.2) is 73.3 Å². The molecule has 0 aliphatic carbocycles. The van der Waals surface area contributed by atoms with Crippen LogP contribution in [0.25, 0.3) is 16.7 Å². The van der Waals surface area contributed by atoms with Crippen LogP contribution >= 0.6 is 11.6 Å². The van der Waals surface area contributed by atoms with Crippen LogP contribution in [0.2, 0.25) is 5.02 Å². The fourth-order valence-corrected chi connectivity index (χ4v) is 5.90. The summed E-state index contributed by atoms with van der Waals surface area (Å²) < 4.78 is 29.4. The molecule has 2 unspecified atom stereocenters. The summed E-state index contributed by atoms with van der Waals surface area (Å²) in [5, 5.41) is 6.14. The number of rotatable bonds is 4. The van der Waals surface area contributed by atoms with Gasteiger partial charge >= 0.3 is 0 Å². The molecule has 0 saturated carbocycles. The highest BCUT2D eigenvalue weighted by Gasteiger charge is 2.31. The molecule has 2 aromatic heterocycles. The van der Waals surface area contributed by atoms with Gasteiger partial charge in [0, 0.05) is 42.2 Å². The second-order valence-corrected chi connectivity index (χ2v) is 11.4. The summed E-state index contributed by atoms with van der Waals surface area (Å²) in [4.78, 5) is 41.3. The van der Waals surface area contributed by atoms with Crippen molar-refractivity contribution in [3.63, 3.8) is 0 Å². The molecular weight excluding hydrogens is 586 g/mol. The Bertz CT molecular complexity index is 1770. The van der Waals surface area contributed by atoms with Crippen molar-refractivity contribution in [2.45, 2.75) is 38.6 Å². The highest BCUT2D eigenvalue weighted by molar-refractivity contribution is 6.31. The van der Waals surface area contributed by atoms with Crippen LogP contribution in [-0.4, -0.2) is 38.2 Å². The maximum Gasteiger partial charge on any atom is 0.247 e. The lowest BCUT2D eigenvalue weighted by Gasteiger charge is -2.34. The quantitative estimate of drug-likeness (QED) is 0.234. The molecule has 6 rings (SSSR count). The van der Waals surface area contributed by atoms with Crippen molar-refractivity contribution in [2.24, 2.45) is 5.92 Å². The van der Waals surface area contributed by atoms with Gasteiger partial charge in [-0.15, -0.1) is 0 Å². The topological polar surface area (TPSA) is 100 Å². The third-order valence-corrected chi connectivity index (χ3v) is 8.36. The molecule has 2 aliphatic rings. The van der Waals surface area contributed by atoms with E-state index in [1.165, 1.54) is 12.4 Å². The van der Waals surface area contributed by atoms with Crippen LogP contribution in [-0.2, 0) is 9.59 Å². The van der Waals surface area contributed by atoms with Gasteiger partial charge in [0.05, 0.1) is 28.0 Å². The molecule has 2 amide bonds. The van der Waals surface area contributed by atoms with Crippen molar-refractivity contribution < 1.29 is 18.4 Å². The number of halogens is 3. The van der Waals surface area contributed by atoms with Gasteiger partial charge in [-0.25, -0.2) is 18.7 Å². The molecule has 2 atom stereocenters. The van der Waals surface area contributed by atoms with E-state index in [0.29, 0.717) is 36.5 Å². The number of nitrogens with one attached hydrogen (secondary N) is 2. The van der Waals surface area contributed by atoms with Gasteiger partial charge in [0.15, 0.2) is 5.82 Å². The van der Waals surface area contributed by atoms with E-state index in [2.05, 4.69) is 25.6 Å². The fraction of sp³-hybridized carbons (Fsp3) is 0.242. The summed E-state index contributed by atoms with van der Waals surface area (Å²) in [5.41, 5.74) is 3.67. The number of pyridine rings is 1. The maximum absolute atomic E-state index is 14.8. The van der Waals surface area contributed by atoms with Crippen LogP contribution < -0.4 is 10.6 Å². The standard InChI is InChI=1S/C33H29ClF2N6O2/c1-19-3-2-4-28(42-14-11-21(16-30(42)43)31-25(35)8-7-24(34)32(31)36)27-15-20(9-13-38-27)23-6-5-22(17-26(23)41-33(19)44)40-29-10-12-37-18-39-29/h5-10,12-13,15-19,28H,2-4,11,14H2,1H3,(H,41,44)(H,37,39,40). The number of hydrogen-bond donors (Lipinski definition) is 2. The summed E-state index contributed by atoms with van der Waals surface area (Å²) in [6.45, 7) is 2.13. The maximum atomic E-state index is 14.8. The van der Waals surface area contributed by atoms with E-state index in [1.54, 1.807) is 23.4 Å². The van der Waals surface area contributed by atoms with Crippen LogP contribution in [0.5, 0.6) is 0 Å². The summed E-state index contributed by atoms with van der Waals surface area (Å²) >= 11 is 5.91. The summed E-state index contributed by atoms with van der Waals surface area (Å²) in [6, 6.07) is 13.1. The smallest absolute Gasteiger partial charge is 0.247 e. The highest BCUT2D eigenvalue weighted by atomic mass is 35.5. The molecule has 2 aromatic carbocycles. The number of aromatic nitrogens is 3. The molecule has 0 radical (unpaired) electrons. The Morgan fingerprint density at radius 2 is 1.89 bits per heavy atom. The minimum Gasteiger partial charge on any atom is -0.340 e. The molecule has 4 heterocycles. The van der Waals surface area contributed by atoms with E-state index in [9.17, 15) is 18.4 Å². The van der Waals surface area contributed by atoms with Gasteiger partial charge in [-0.1, -0.05) is 31.0 Å². The Morgan fingerprint density at radius 1 is 1.02 bits per heavy atom. The third-order valence-electron chi connectivity index (χ3n) is 8.07. The minimum absolute atomic E-state index is 0.107. The normalized spacial score (nSPS) is 18.8. The lowest BCUT2D eigenvalue weighted by molar-refractivity contribution is -0.129. The largest absolute Gasteiger partial charge is 0.340 e. The average Bonchev–Trinajstić information content (AvgIpc) is 3.02. The summed E-state index contributed by atoms with van der Waals surface area (Å²) in [7, 11) is 0. The Balaban J connectivity index is 1.36. The first-order valence-corrected chi connectivity index (χ1v) is 14.8. The predicted octanol–water partition coefficient (Wildman–Crippen LogP) is 7.33. The molecule has 11 heteroatoms. The van der Waals surface area contributed by atoms with Crippen molar-refractivity contribution in [3.8, 4) is 11.1 Å². The molecule has 44 heavy (non-hydrogen) atoms. The van der Waals surface area contributed by atoms with Gasteiger partial charge in [0.2, 0.25) is 11.8 Å². The zero-order valence-electron chi connectivity index (χ0n) is 23.9. The number of amides is 2. The van der Waals surface area contributed by atoms with Gasteiger partial charge < -0.3 is 15.5 Å². The molecule has 0 saturated heterocycles. The van der Waals surface area contributed by atoms with Gasteiger partial charge in [-0.05, 0) is 72.9 Å². The number of carbonyl (C=O) groups is 2. The SMILES string of the molecule is CC1CCCC(N2CCC(c3c(F)ccc(Cl)c3F)=CC2=O)c2cc(ccn2)-c2ccc(Nc3ccncn3)cc2NC1=O. The first-order valence-electron chi connectivity index (χ1n) is 14.4. The molecule has 0 fully saturated rings. The van der Waals surface area contributed by atoms with Gasteiger partial charge in [-0.3, -0.25) is 14.6 Å². The third kappa shape index (κ3) is 6.03. The number of anilines is 3. The van der Waals surface area contributed by atoms with Gasteiger partial charge in [0.1, 0.15) is 18.0 Å². The lowest BCUT2D eigenvalue weighted by atomic mass is 9.92. The van der Waals surface area contributed by atoms with E-state index >= 15 is 0 Å². The van der Waals surface area contributed by atoms with Crippen molar-refractivity contribution >= 4 is 46.2 Å². The molecule has 2 aliphatic heterocycles. The minimum atomic E-state index is -0.874. The summed E-state index contributed by atoms with van der Waals surface area (Å²) in [6.07, 6.45) is 8.14. The molecule has 2 N–H and O–H groups in total. The molecule has 4 aromatic rings. The van der Waals surface area contributed by atoms with Crippen LogP contribution in [0.1, 0.15) is 49.9 Å². The Kier molecular flexibility index (Phi) is 8.34. The van der Waals surface area contributed by atoms with E-state index in [1.807, 2.05) is 37.3 Å². The van der Waals surface area contributed by atoms with Crippen LogP contribution in [0.4, 0.5) is 26.0 Å². The Morgan fingerprint density at radius 3 is 2.68 bits per heavy atom. The van der Waals surface area contributed by atoms with Crippen molar-refractivity contribution in [1.29, 1.82) is 0 Å². The molecule has 224 valence electrons. The average molecular weight is 615 g/mol. The molecule has 0 spiro atoms. The van der Waals surface area contributed by atoms with E-state index in [-0.39, 0.29) is 46.9 Å². The number of benzene rings is 2. The summed E-state index contributed by atoms with van der Waals surface area (Å²) in [5.74, 6) is -1.77. The van der Waals surface area contributed by atoms with Gasteiger partial charge in [0.25, 0.3) is 0 Å². The van der Waals surface area contributed by atoms with E-state index < -0.39 is 17.7 Å². The van der Waals surface area contributed by atoms with E-state index in [4.69, 9.17) is 11.6 Å². The lowest BCUT2D eigenvalue weighted by Crippen LogP contribution is -2.38. The second-order valence-electron chi connectivity index (χ2n) is 11.0. The molecule has 8 nitrogen and oxygen atoms in total.